The summed E-state index contributed by atoms with van der Waals surface area (Å²) in [6.45, 7) is 0.653. The Morgan fingerprint density at radius 2 is 2.11 bits per heavy atom. The van der Waals surface area contributed by atoms with Gasteiger partial charge in [0.25, 0.3) is 0 Å². The molecule has 0 spiro atoms. The molecule has 7 heteroatoms. The lowest BCUT2D eigenvalue weighted by Crippen LogP contribution is -2.10. The van der Waals surface area contributed by atoms with E-state index < -0.39 is 5.97 Å². The summed E-state index contributed by atoms with van der Waals surface area (Å²) in [5, 5.41) is 15.9. The van der Waals surface area contributed by atoms with E-state index in [9.17, 15) is 4.79 Å². The van der Waals surface area contributed by atoms with Gasteiger partial charge < -0.3 is 9.84 Å². The second-order valence-electron chi connectivity index (χ2n) is 3.42. The Labute approximate surface area is 108 Å². The number of carboxylic acids is 1. The van der Waals surface area contributed by atoms with Crippen molar-refractivity contribution in [2.45, 2.75) is 6.54 Å². The first-order valence-corrected chi connectivity index (χ1v) is 5.56. The summed E-state index contributed by atoms with van der Waals surface area (Å²) in [5.74, 6) is -0.470. The molecule has 2 rings (SSSR count). The molecule has 0 atom stereocenters. The van der Waals surface area contributed by atoms with Gasteiger partial charge in [0.2, 0.25) is 5.69 Å². The monoisotopic (exact) mass is 267 g/mol. The molecule has 0 saturated carbocycles. The Hall–Kier alpha value is -2.08. The highest BCUT2D eigenvalue weighted by Gasteiger charge is 2.16. The average Bonchev–Trinajstić information content (AvgIpc) is 2.73. The third kappa shape index (κ3) is 2.78. The number of rotatable bonds is 5. The largest absolute Gasteiger partial charge is 0.492 e. The number of nitrogens with zero attached hydrogens (tertiary/aromatic N) is 3. The van der Waals surface area contributed by atoms with Gasteiger partial charge in [0.15, 0.2) is 5.15 Å². The van der Waals surface area contributed by atoms with Crippen molar-refractivity contribution in [2.75, 3.05) is 6.61 Å². The number of benzene rings is 1. The second kappa shape index (κ2) is 5.50. The van der Waals surface area contributed by atoms with E-state index in [1.807, 2.05) is 30.3 Å². The minimum atomic E-state index is -1.20. The number of ether oxygens (including phenoxy) is 1. The van der Waals surface area contributed by atoms with Gasteiger partial charge >= 0.3 is 5.97 Å². The van der Waals surface area contributed by atoms with Gasteiger partial charge in [-0.2, -0.15) is 0 Å². The molecule has 1 aromatic carbocycles. The van der Waals surface area contributed by atoms with Crippen molar-refractivity contribution >= 4 is 17.6 Å². The lowest BCUT2D eigenvalue weighted by Gasteiger charge is -2.05. The van der Waals surface area contributed by atoms with Crippen LogP contribution in [0.5, 0.6) is 5.75 Å². The van der Waals surface area contributed by atoms with Gasteiger partial charge in [0, 0.05) is 0 Å². The minimum absolute atomic E-state index is 0.000776. The molecule has 0 bridgehead atoms. The van der Waals surface area contributed by atoms with Crippen molar-refractivity contribution in [2.24, 2.45) is 0 Å². The molecule has 18 heavy (non-hydrogen) atoms. The molecule has 0 aliphatic carbocycles. The first kappa shape index (κ1) is 12.4. The van der Waals surface area contributed by atoms with Crippen molar-refractivity contribution in [3.63, 3.8) is 0 Å². The SMILES string of the molecule is O=C(O)c1nnn(CCOc2ccccc2)c1Cl. The fourth-order valence-electron chi connectivity index (χ4n) is 1.34. The van der Waals surface area contributed by atoms with Crippen LogP contribution in [0.2, 0.25) is 5.15 Å². The highest BCUT2D eigenvalue weighted by atomic mass is 35.5. The van der Waals surface area contributed by atoms with E-state index in [1.165, 1.54) is 4.68 Å². The van der Waals surface area contributed by atoms with E-state index in [4.69, 9.17) is 21.4 Å². The third-order valence-electron chi connectivity index (χ3n) is 2.19. The number of carboxylic acid groups (broad SMARTS) is 1. The maximum atomic E-state index is 10.7. The predicted octanol–water partition coefficient (Wildman–Crippen LogP) is 1.71. The molecule has 0 unspecified atom stereocenters. The van der Waals surface area contributed by atoms with E-state index in [0.29, 0.717) is 13.2 Å². The highest BCUT2D eigenvalue weighted by molar-refractivity contribution is 6.32. The Morgan fingerprint density at radius 1 is 1.39 bits per heavy atom. The van der Waals surface area contributed by atoms with Crippen molar-refractivity contribution in [1.82, 2.24) is 15.0 Å². The third-order valence-corrected chi connectivity index (χ3v) is 2.57. The average molecular weight is 268 g/mol. The highest BCUT2D eigenvalue weighted by Crippen LogP contribution is 2.13. The first-order chi connectivity index (χ1) is 8.68. The molecule has 0 saturated heterocycles. The van der Waals surface area contributed by atoms with Crippen molar-refractivity contribution in [3.8, 4) is 5.75 Å². The quantitative estimate of drug-likeness (QED) is 0.892. The molecule has 0 amide bonds. The Balaban J connectivity index is 1.93. The minimum Gasteiger partial charge on any atom is -0.492 e. The summed E-state index contributed by atoms with van der Waals surface area (Å²) in [6.07, 6.45) is 0. The maximum absolute atomic E-state index is 10.7. The van der Waals surface area contributed by atoms with Crippen molar-refractivity contribution < 1.29 is 14.6 Å². The number of halogens is 1. The lowest BCUT2D eigenvalue weighted by molar-refractivity contribution is 0.0690. The maximum Gasteiger partial charge on any atom is 0.359 e. The molecule has 1 heterocycles. The van der Waals surface area contributed by atoms with Gasteiger partial charge in [-0.05, 0) is 12.1 Å². The molecule has 94 valence electrons. The zero-order chi connectivity index (χ0) is 13.0. The fourth-order valence-corrected chi connectivity index (χ4v) is 1.58. The molecule has 0 fully saturated rings. The van der Waals surface area contributed by atoms with Gasteiger partial charge in [-0.1, -0.05) is 35.0 Å². The lowest BCUT2D eigenvalue weighted by atomic mass is 10.3. The summed E-state index contributed by atoms with van der Waals surface area (Å²) in [5.41, 5.74) is -0.253. The summed E-state index contributed by atoms with van der Waals surface area (Å²) in [4.78, 5) is 10.7. The second-order valence-corrected chi connectivity index (χ2v) is 3.78. The smallest absolute Gasteiger partial charge is 0.359 e. The number of carbonyl (C=O) groups is 1. The van der Waals surface area contributed by atoms with Crippen LogP contribution in [0.1, 0.15) is 10.5 Å². The van der Waals surface area contributed by atoms with Crippen LogP contribution in [0.4, 0.5) is 0 Å². The summed E-state index contributed by atoms with van der Waals surface area (Å²) < 4.78 is 6.73. The summed E-state index contributed by atoms with van der Waals surface area (Å²) in [6, 6.07) is 9.26. The van der Waals surface area contributed by atoms with Crippen LogP contribution in [0.3, 0.4) is 0 Å². The van der Waals surface area contributed by atoms with Gasteiger partial charge in [0.05, 0.1) is 6.54 Å². The Bertz CT molecular complexity index is 542. The van der Waals surface area contributed by atoms with Crippen molar-refractivity contribution in [3.05, 3.63) is 41.2 Å². The molecular formula is C11H10ClN3O3. The van der Waals surface area contributed by atoms with Crippen LogP contribution in [-0.4, -0.2) is 32.7 Å². The number of aromatic carboxylic acids is 1. The van der Waals surface area contributed by atoms with Crippen LogP contribution in [0.25, 0.3) is 0 Å². The number of aromatic nitrogens is 3. The molecule has 1 aromatic heterocycles. The van der Waals surface area contributed by atoms with Crippen LogP contribution >= 0.6 is 11.6 Å². The number of para-hydroxylation sites is 1. The van der Waals surface area contributed by atoms with E-state index in [0.717, 1.165) is 5.75 Å². The summed E-state index contributed by atoms with van der Waals surface area (Å²) in [7, 11) is 0. The first-order valence-electron chi connectivity index (χ1n) is 5.18. The zero-order valence-corrected chi connectivity index (χ0v) is 10.0. The van der Waals surface area contributed by atoms with E-state index in [-0.39, 0.29) is 10.8 Å². The zero-order valence-electron chi connectivity index (χ0n) is 9.28. The molecule has 0 aliphatic heterocycles. The molecule has 6 nitrogen and oxygen atoms in total. The molecule has 0 radical (unpaired) electrons. The van der Waals surface area contributed by atoms with Crippen molar-refractivity contribution in [1.29, 1.82) is 0 Å². The van der Waals surface area contributed by atoms with Crippen LogP contribution < -0.4 is 4.74 Å². The number of hydrogen-bond donors (Lipinski definition) is 1. The van der Waals surface area contributed by atoms with Gasteiger partial charge in [-0.25, -0.2) is 9.48 Å². The van der Waals surface area contributed by atoms with Gasteiger partial charge in [-0.15, -0.1) is 5.10 Å². The molecular weight excluding hydrogens is 258 g/mol. The normalized spacial score (nSPS) is 10.3. The predicted molar refractivity (Wildman–Crippen MR) is 63.9 cm³/mol. The van der Waals surface area contributed by atoms with Crippen LogP contribution in [0, 0.1) is 0 Å². The standard InChI is InChI=1S/C11H10ClN3O3/c12-10-9(11(16)17)13-14-15(10)6-7-18-8-4-2-1-3-5-8/h1-5H,6-7H2,(H,16,17). The summed E-state index contributed by atoms with van der Waals surface area (Å²) >= 11 is 5.80. The Morgan fingerprint density at radius 3 is 2.72 bits per heavy atom. The Kier molecular flexibility index (Phi) is 3.78. The topological polar surface area (TPSA) is 77.2 Å². The van der Waals surface area contributed by atoms with E-state index >= 15 is 0 Å². The van der Waals surface area contributed by atoms with E-state index in [2.05, 4.69) is 10.3 Å². The van der Waals surface area contributed by atoms with Gasteiger partial charge in [0.1, 0.15) is 12.4 Å². The number of hydrogen-bond acceptors (Lipinski definition) is 4. The van der Waals surface area contributed by atoms with Gasteiger partial charge in [-0.3, -0.25) is 0 Å². The van der Waals surface area contributed by atoms with Crippen LogP contribution in [0.15, 0.2) is 30.3 Å². The molecule has 0 aliphatic rings. The fraction of sp³-hybridized carbons (Fsp3) is 0.182. The van der Waals surface area contributed by atoms with Crippen LogP contribution in [-0.2, 0) is 6.54 Å². The van der Waals surface area contributed by atoms with E-state index in [1.54, 1.807) is 0 Å². The molecule has 2 aromatic rings. The molecule has 1 N–H and O–H groups in total.